The number of nitrogens with one attached hydrogen (secondary N) is 2. The summed E-state index contributed by atoms with van der Waals surface area (Å²) in [5.41, 5.74) is 9.26. The molecule has 8 heteroatoms. The van der Waals surface area contributed by atoms with Gasteiger partial charge in [-0.3, -0.25) is 19.2 Å². The van der Waals surface area contributed by atoms with Gasteiger partial charge in [-0.15, -0.1) is 0 Å². The fraction of sp³-hybridized carbons (Fsp3) is 0.421. The standard InChI is InChI=1S/C19H27N5O3/c1-2-3-4-5-6-15-19(21-11-9-16(20)25)24-12-10-14(13-17(24)22-15)7-8-18(26)23-27/h7-8,10,12-13,21,27H,2-6,9,11H2,1H3,(H2,20,25)(H,23,26)/b8-7+. The average molecular weight is 373 g/mol. The molecular weight excluding hydrogens is 346 g/mol. The Bertz CT molecular complexity index is 813. The van der Waals surface area contributed by atoms with Crippen molar-refractivity contribution < 1.29 is 14.8 Å². The van der Waals surface area contributed by atoms with Crippen LogP contribution in [0.3, 0.4) is 0 Å². The van der Waals surface area contributed by atoms with Crippen LogP contribution in [0.1, 0.15) is 50.3 Å². The molecule has 27 heavy (non-hydrogen) atoms. The van der Waals surface area contributed by atoms with E-state index < -0.39 is 5.91 Å². The molecule has 0 spiro atoms. The minimum Gasteiger partial charge on any atom is -0.370 e. The molecule has 2 amide bonds. The van der Waals surface area contributed by atoms with E-state index in [0.29, 0.717) is 6.54 Å². The summed E-state index contributed by atoms with van der Waals surface area (Å²) in [5, 5.41) is 11.8. The minimum absolute atomic E-state index is 0.250. The van der Waals surface area contributed by atoms with E-state index in [2.05, 4.69) is 12.2 Å². The van der Waals surface area contributed by atoms with Crippen LogP contribution in [0.15, 0.2) is 24.4 Å². The molecule has 0 aliphatic heterocycles. The number of hydrogen-bond acceptors (Lipinski definition) is 5. The Balaban J connectivity index is 2.24. The number of unbranched alkanes of at least 4 members (excludes halogenated alkanes) is 3. The highest BCUT2D eigenvalue weighted by atomic mass is 16.5. The lowest BCUT2D eigenvalue weighted by molar-refractivity contribution is -0.124. The molecular formula is C19H27N5O3. The Kier molecular flexibility index (Phi) is 7.81. The molecule has 0 bridgehead atoms. The molecule has 8 nitrogen and oxygen atoms in total. The second kappa shape index (κ2) is 10.3. The number of hydrogen-bond donors (Lipinski definition) is 4. The molecule has 0 fully saturated rings. The zero-order valence-corrected chi connectivity index (χ0v) is 15.6. The van der Waals surface area contributed by atoms with E-state index in [4.69, 9.17) is 15.9 Å². The number of nitrogens with two attached hydrogens (primary N) is 1. The Morgan fingerprint density at radius 1 is 1.33 bits per heavy atom. The van der Waals surface area contributed by atoms with Crippen LogP contribution in [-0.2, 0) is 16.0 Å². The van der Waals surface area contributed by atoms with Gasteiger partial charge in [-0.1, -0.05) is 26.2 Å². The summed E-state index contributed by atoms with van der Waals surface area (Å²) in [6, 6.07) is 3.70. The third-order valence-electron chi connectivity index (χ3n) is 4.19. The van der Waals surface area contributed by atoms with Crippen LogP contribution in [0, 0.1) is 0 Å². The van der Waals surface area contributed by atoms with Crippen molar-refractivity contribution >= 4 is 29.4 Å². The molecule has 0 radical (unpaired) electrons. The van der Waals surface area contributed by atoms with Crippen molar-refractivity contribution in [3.05, 3.63) is 35.7 Å². The summed E-state index contributed by atoms with van der Waals surface area (Å²) in [4.78, 5) is 26.9. The number of primary amides is 1. The van der Waals surface area contributed by atoms with E-state index in [1.165, 1.54) is 18.9 Å². The van der Waals surface area contributed by atoms with E-state index in [0.717, 1.165) is 42.0 Å². The molecule has 2 rings (SSSR count). The van der Waals surface area contributed by atoms with Gasteiger partial charge in [0.1, 0.15) is 11.5 Å². The summed E-state index contributed by atoms with van der Waals surface area (Å²) in [6.07, 6.45) is 10.4. The molecule has 0 atom stereocenters. The highest BCUT2D eigenvalue weighted by Crippen LogP contribution is 2.22. The normalized spacial score (nSPS) is 11.2. The molecule has 0 aliphatic rings. The van der Waals surface area contributed by atoms with Crippen LogP contribution in [0.5, 0.6) is 0 Å². The lowest BCUT2D eigenvalue weighted by atomic mass is 10.1. The number of nitrogens with zero attached hydrogens (tertiary/aromatic N) is 2. The van der Waals surface area contributed by atoms with E-state index in [9.17, 15) is 9.59 Å². The van der Waals surface area contributed by atoms with Crippen LogP contribution in [0.2, 0.25) is 0 Å². The summed E-state index contributed by atoms with van der Waals surface area (Å²) in [5.74, 6) is -0.0783. The number of pyridine rings is 1. The van der Waals surface area contributed by atoms with Gasteiger partial charge in [-0.2, -0.15) is 0 Å². The Morgan fingerprint density at radius 2 is 2.15 bits per heavy atom. The maximum absolute atomic E-state index is 11.1. The number of hydroxylamine groups is 1. The van der Waals surface area contributed by atoms with Gasteiger partial charge in [0.25, 0.3) is 5.91 Å². The molecule has 0 saturated heterocycles. The lowest BCUT2D eigenvalue weighted by Gasteiger charge is -2.08. The lowest BCUT2D eigenvalue weighted by Crippen LogP contribution is -2.17. The molecule has 0 aliphatic carbocycles. The molecule has 2 heterocycles. The summed E-state index contributed by atoms with van der Waals surface area (Å²) >= 11 is 0. The first-order valence-corrected chi connectivity index (χ1v) is 9.20. The van der Waals surface area contributed by atoms with Crippen molar-refractivity contribution in [1.29, 1.82) is 0 Å². The smallest absolute Gasteiger partial charge is 0.267 e. The van der Waals surface area contributed by atoms with Gasteiger partial charge < -0.3 is 11.1 Å². The van der Waals surface area contributed by atoms with Crippen molar-refractivity contribution in [2.24, 2.45) is 5.73 Å². The molecule has 0 unspecified atom stereocenters. The molecule has 2 aromatic heterocycles. The van der Waals surface area contributed by atoms with Gasteiger partial charge in [0.15, 0.2) is 0 Å². The number of rotatable bonds is 11. The topological polar surface area (TPSA) is 122 Å². The first-order valence-electron chi connectivity index (χ1n) is 9.20. The molecule has 0 saturated carbocycles. The summed E-state index contributed by atoms with van der Waals surface area (Å²) < 4.78 is 1.93. The largest absolute Gasteiger partial charge is 0.370 e. The first kappa shape index (κ1) is 20.4. The number of amides is 2. The molecule has 0 aromatic carbocycles. The molecule has 5 N–H and O–H groups in total. The highest BCUT2D eigenvalue weighted by molar-refractivity contribution is 5.90. The number of aryl methyl sites for hydroxylation is 1. The number of fused-ring (bicyclic) bond motifs is 1. The predicted octanol–water partition coefficient (Wildman–Crippen LogP) is 2.26. The van der Waals surface area contributed by atoms with Gasteiger partial charge in [0.2, 0.25) is 5.91 Å². The molecule has 146 valence electrons. The average Bonchev–Trinajstić information content (AvgIpc) is 2.99. The van der Waals surface area contributed by atoms with Crippen LogP contribution in [0.25, 0.3) is 11.7 Å². The third-order valence-corrected chi connectivity index (χ3v) is 4.19. The van der Waals surface area contributed by atoms with E-state index in [-0.39, 0.29) is 12.3 Å². The number of anilines is 1. The minimum atomic E-state index is -0.594. The highest BCUT2D eigenvalue weighted by Gasteiger charge is 2.12. The number of imidazole rings is 1. The van der Waals surface area contributed by atoms with Gasteiger partial charge >= 0.3 is 0 Å². The van der Waals surface area contributed by atoms with E-state index >= 15 is 0 Å². The Hall–Kier alpha value is -2.87. The van der Waals surface area contributed by atoms with Crippen molar-refractivity contribution in [2.75, 3.05) is 11.9 Å². The predicted molar refractivity (Wildman–Crippen MR) is 104 cm³/mol. The Morgan fingerprint density at radius 3 is 2.85 bits per heavy atom. The van der Waals surface area contributed by atoms with Gasteiger partial charge in [-0.25, -0.2) is 10.5 Å². The van der Waals surface area contributed by atoms with Crippen LogP contribution in [-0.4, -0.2) is 33.0 Å². The number of aromatic nitrogens is 2. The summed E-state index contributed by atoms with van der Waals surface area (Å²) in [6.45, 7) is 2.62. The number of carbonyl (C=O) groups is 2. The zero-order valence-electron chi connectivity index (χ0n) is 15.6. The van der Waals surface area contributed by atoms with Crippen molar-refractivity contribution in [2.45, 2.75) is 45.4 Å². The van der Waals surface area contributed by atoms with Gasteiger partial charge in [0.05, 0.1) is 5.69 Å². The van der Waals surface area contributed by atoms with Crippen molar-refractivity contribution in [3.8, 4) is 0 Å². The maximum atomic E-state index is 11.1. The maximum Gasteiger partial charge on any atom is 0.267 e. The number of carbonyl (C=O) groups excluding carboxylic acids is 2. The first-order chi connectivity index (χ1) is 13.0. The zero-order chi connectivity index (χ0) is 19.6. The van der Waals surface area contributed by atoms with E-state index in [1.807, 2.05) is 22.7 Å². The monoisotopic (exact) mass is 373 g/mol. The Labute approximate surface area is 158 Å². The fourth-order valence-electron chi connectivity index (χ4n) is 2.81. The van der Waals surface area contributed by atoms with Crippen molar-refractivity contribution in [1.82, 2.24) is 14.9 Å². The van der Waals surface area contributed by atoms with Crippen molar-refractivity contribution in [3.63, 3.8) is 0 Å². The third kappa shape index (κ3) is 6.10. The summed E-state index contributed by atoms with van der Waals surface area (Å²) in [7, 11) is 0. The van der Waals surface area contributed by atoms with Crippen LogP contribution < -0.4 is 16.5 Å². The van der Waals surface area contributed by atoms with Crippen LogP contribution in [0.4, 0.5) is 5.82 Å². The van der Waals surface area contributed by atoms with Gasteiger partial charge in [0, 0.05) is 25.2 Å². The SMILES string of the molecule is CCCCCCc1nc2cc(/C=C/C(=O)NO)ccn2c1NCCC(N)=O. The van der Waals surface area contributed by atoms with Gasteiger partial charge in [-0.05, 0) is 36.6 Å². The second-order valence-electron chi connectivity index (χ2n) is 6.36. The van der Waals surface area contributed by atoms with Crippen LogP contribution >= 0.6 is 0 Å². The van der Waals surface area contributed by atoms with E-state index in [1.54, 1.807) is 11.6 Å². The fourth-order valence-corrected chi connectivity index (χ4v) is 2.81. The quantitative estimate of drug-likeness (QED) is 0.208. The molecule has 2 aromatic rings. The second-order valence-corrected chi connectivity index (χ2v) is 6.36.